The Labute approximate surface area is 181 Å². The van der Waals surface area contributed by atoms with E-state index in [-0.39, 0.29) is 18.4 Å². The Morgan fingerprint density at radius 3 is 2.65 bits per heavy atom. The highest BCUT2D eigenvalue weighted by molar-refractivity contribution is 5.85. The molecule has 1 N–H and O–H groups in total. The molecule has 8 heteroatoms. The fourth-order valence-electron chi connectivity index (χ4n) is 4.14. The first kappa shape index (κ1) is 20.7. The van der Waals surface area contributed by atoms with E-state index in [1.54, 1.807) is 11.1 Å². The lowest BCUT2D eigenvalue weighted by molar-refractivity contribution is -0.133. The van der Waals surface area contributed by atoms with Crippen LogP contribution in [0.2, 0.25) is 0 Å². The van der Waals surface area contributed by atoms with Crippen molar-refractivity contribution < 1.29 is 9.59 Å². The number of nitrogens with one attached hydrogen (secondary N) is 1. The largest absolute Gasteiger partial charge is 0.356 e. The molecule has 4 rings (SSSR count). The normalized spacial score (nSPS) is 18.2. The quantitative estimate of drug-likeness (QED) is 0.633. The van der Waals surface area contributed by atoms with Gasteiger partial charge in [0, 0.05) is 32.0 Å². The van der Waals surface area contributed by atoms with Gasteiger partial charge < -0.3 is 10.2 Å². The number of benzene rings is 1. The second kappa shape index (κ2) is 9.07. The standard InChI is InChI=1S/C23H26N6O2/c1-2-26-22(31)23(9-11-28(15-23)21(30)14-29-17-25-16-27-29)12-18-5-7-19(8-6-18)20-4-3-10-24-13-20/h3-8,10,13,16-17H,2,9,11-12,14-15H2,1H3,(H,26,31)/t23-/m0/s1. The number of carbonyl (C=O) groups excluding carboxylic acids is 2. The van der Waals surface area contributed by atoms with E-state index in [9.17, 15) is 9.59 Å². The summed E-state index contributed by atoms with van der Waals surface area (Å²) < 4.78 is 1.51. The van der Waals surface area contributed by atoms with Gasteiger partial charge in [-0.25, -0.2) is 9.67 Å². The van der Waals surface area contributed by atoms with Crippen LogP contribution in [0.15, 0.2) is 61.4 Å². The zero-order valence-corrected chi connectivity index (χ0v) is 17.6. The van der Waals surface area contributed by atoms with Crippen LogP contribution >= 0.6 is 0 Å². The minimum Gasteiger partial charge on any atom is -0.356 e. The summed E-state index contributed by atoms with van der Waals surface area (Å²) in [4.78, 5) is 35.6. The minimum atomic E-state index is -0.635. The van der Waals surface area contributed by atoms with Gasteiger partial charge in [-0.05, 0) is 42.5 Å². The third kappa shape index (κ3) is 4.63. The Kier molecular flexibility index (Phi) is 6.06. The maximum absolute atomic E-state index is 13.1. The van der Waals surface area contributed by atoms with Gasteiger partial charge in [-0.1, -0.05) is 30.3 Å². The molecule has 0 aliphatic carbocycles. The number of amides is 2. The summed E-state index contributed by atoms with van der Waals surface area (Å²) in [6.07, 6.45) is 7.73. The van der Waals surface area contributed by atoms with E-state index in [2.05, 4.69) is 44.6 Å². The summed E-state index contributed by atoms with van der Waals surface area (Å²) in [5.74, 6) is -0.0500. The first-order valence-corrected chi connectivity index (χ1v) is 10.5. The van der Waals surface area contributed by atoms with E-state index in [1.165, 1.54) is 17.3 Å². The number of aromatic nitrogens is 4. The summed E-state index contributed by atoms with van der Waals surface area (Å²) in [6.45, 7) is 3.56. The van der Waals surface area contributed by atoms with Crippen molar-refractivity contribution in [1.29, 1.82) is 0 Å². The first-order valence-electron chi connectivity index (χ1n) is 10.5. The van der Waals surface area contributed by atoms with Crippen LogP contribution in [-0.4, -0.2) is 56.1 Å². The molecule has 0 spiro atoms. The van der Waals surface area contributed by atoms with Crippen molar-refractivity contribution in [3.8, 4) is 11.1 Å². The summed E-state index contributed by atoms with van der Waals surface area (Å²) >= 11 is 0. The molecule has 0 unspecified atom stereocenters. The van der Waals surface area contributed by atoms with Gasteiger partial charge in [0.25, 0.3) is 0 Å². The molecule has 1 saturated heterocycles. The molecule has 2 amide bonds. The topological polar surface area (TPSA) is 93.0 Å². The lowest BCUT2D eigenvalue weighted by Gasteiger charge is -2.28. The Hall–Kier alpha value is -3.55. The van der Waals surface area contributed by atoms with Crippen molar-refractivity contribution >= 4 is 11.8 Å². The highest BCUT2D eigenvalue weighted by Crippen LogP contribution is 2.35. The molecule has 1 aliphatic rings. The molecule has 1 fully saturated rings. The summed E-state index contributed by atoms with van der Waals surface area (Å²) in [6, 6.07) is 12.2. The molecule has 1 atom stereocenters. The zero-order valence-electron chi connectivity index (χ0n) is 17.6. The molecule has 8 nitrogen and oxygen atoms in total. The van der Waals surface area contributed by atoms with E-state index in [4.69, 9.17) is 0 Å². The first-order chi connectivity index (χ1) is 15.1. The van der Waals surface area contributed by atoms with Crippen molar-refractivity contribution in [2.24, 2.45) is 5.41 Å². The van der Waals surface area contributed by atoms with Gasteiger partial charge in [-0.3, -0.25) is 14.6 Å². The van der Waals surface area contributed by atoms with Gasteiger partial charge in [0.1, 0.15) is 19.2 Å². The van der Waals surface area contributed by atoms with E-state index in [0.29, 0.717) is 32.5 Å². The molecular weight excluding hydrogens is 392 g/mol. The van der Waals surface area contributed by atoms with Crippen LogP contribution in [0.3, 0.4) is 0 Å². The molecule has 3 aromatic rings. The Morgan fingerprint density at radius 2 is 1.97 bits per heavy atom. The highest BCUT2D eigenvalue weighted by atomic mass is 16.2. The smallest absolute Gasteiger partial charge is 0.244 e. The molecule has 0 radical (unpaired) electrons. The van der Waals surface area contributed by atoms with Gasteiger partial charge in [0.2, 0.25) is 11.8 Å². The maximum Gasteiger partial charge on any atom is 0.244 e. The zero-order chi connectivity index (χ0) is 21.7. The van der Waals surface area contributed by atoms with Gasteiger partial charge >= 0.3 is 0 Å². The number of pyridine rings is 1. The molecule has 2 aromatic heterocycles. The lowest BCUT2D eigenvalue weighted by Crippen LogP contribution is -2.45. The number of nitrogens with zero attached hydrogens (tertiary/aromatic N) is 5. The molecule has 1 aliphatic heterocycles. The molecule has 160 valence electrons. The Bertz CT molecular complexity index is 1020. The van der Waals surface area contributed by atoms with Crippen molar-refractivity contribution in [2.75, 3.05) is 19.6 Å². The van der Waals surface area contributed by atoms with Crippen molar-refractivity contribution in [2.45, 2.75) is 26.3 Å². The second-order valence-electron chi connectivity index (χ2n) is 7.91. The number of rotatable bonds is 7. The summed E-state index contributed by atoms with van der Waals surface area (Å²) in [7, 11) is 0. The summed E-state index contributed by atoms with van der Waals surface area (Å²) in [5, 5.41) is 6.98. The van der Waals surface area contributed by atoms with Crippen LogP contribution in [-0.2, 0) is 22.6 Å². The van der Waals surface area contributed by atoms with E-state index < -0.39 is 5.41 Å². The van der Waals surface area contributed by atoms with E-state index >= 15 is 0 Å². The highest BCUT2D eigenvalue weighted by Gasteiger charge is 2.45. The second-order valence-corrected chi connectivity index (χ2v) is 7.91. The molecule has 31 heavy (non-hydrogen) atoms. The molecular formula is C23H26N6O2. The monoisotopic (exact) mass is 418 g/mol. The van der Waals surface area contributed by atoms with Crippen molar-refractivity contribution in [1.82, 2.24) is 30.0 Å². The van der Waals surface area contributed by atoms with Gasteiger partial charge in [0.15, 0.2) is 0 Å². The Morgan fingerprint density at radius 1 is 1.13 bits per heavy atom. The third-order valence-electron chi connectivity index (χ3n) is 5.78. The number of hydrogen-bond donors (Lipinski definition) is 1. The van der Waals surface area contributed by atoms with Crippen LogP contribution in [0.25, 0.3) is 11.1 Å². The van der Waals surface area contributed by atoms with Crippen LogP contribution in [0, 0.1) is 5.41 Å². The van der Waals surface area contributed by atoms with Crippen molar-refractivity contribution in [3.63, 3.8) is 0 Å². The number of likely N-dealkylation sites (tertiary alicyclic amines) is 1. The molecule has 0 bridgehead atoms. The van der Waals surface area contributed by atoms with E-state index in [0.717, 1.165) is 16.7 Å². The van der Waals surface area contributed by atoms with Crippen LogP contribution in [0.5, 0.6) is 0 Å². The maximum atomic E-state index is 13.1. The fourth-order valence-corrected chi connectivity index (χ4v) is 4.14. The fraction of sp³-hybridized carbons (Fsp3) is 0.348. The lowest BCUT2D eigenvalue weighted by atomic mass is 9.79. The van der Waals surface area contributed by atoms with Crippen molar-refractivity contribution in [3.05, 3.63) is 67.0 Å². The predicted molar refractivity (Wildman–Crippen MR) is 116 cm³/mol. The molecule has 1 aromatic carbocycles. The van der Waals surface area contributed by atoms with Gasteiger partial charge in [-0.2, -0.15) is 5.10 Å². The van der Waals surface area contributed by atoms with Crippen LogP contribution in [0.1, 0.15) is 18.9 Å². The van der Waals surface area contributed by atoms with E-state index in [1.807, 2.05) is 25.3 Å². The number of hydrogen-bond acceptors (Lipinski definition) is 5. The SMILES string of the molecule is CCNC(=O)[C@]1(Cc2ccc(-c3cccnc3)cc2)CCN(C(=O)Cn2cncn2)C1. The number of carbonyl (C=O) groups is 2. The molecule has 3 heterocycles. The third-order valence-corrected chi connectivity index (χ3v) is 5.78. The van der Waals surface area contributed by atoms with Gasteiger partial charge in [-0.15, -0.1) is 0 Å². The van der Waals surface area contributed by atoms with Crippen LogP contribution < -0.4 is 5.32 Å². The Balaban J connectivity index is 1.50. The summed E-state index contributed by atoms with van der Waals surface area (Å²) in [5.41, 5.74) is 2.58. The molecule has 0 saturated carbocycles. The van der Waals surface area contributed by atoms with Crippen LogP contribution in [0.4, 0.5) is 0 Å². The average molecular weight is 419 g/mol. The van der Waals surface area contributed by atoms with Gasteiger partial charge in [0.05, 0.1) is 5.41 Å². The minimum absolute atomic E-state index is 0.00221. The average Bonchev–Trinajstić information content (AvgIpc) is 3.46. The predicted octanol–water partition coefficient (Wildman–Crippen LogP) is 1.94.